The molecule has 0 bridgehead atoms. The van der Waals surface area contributed by atoms with Gasteiger partial charge in [-0.2, -0.15) is 0 Å². The van der Waals surface area contributed by atoms with Crippen LogP contribution in [0.25, 0.3) is 0 Å². The first kappa shape index (κ1) is 38.1. The van der Waals surface area contributed by atoms with Crippen LogP contribution in [0, 0.1) is 5.92 Å². The van der Waals surface area contributed by atoms with E-state index in [0.717, 1.165) is 44.9 Å². The molecule has 1 nitrogen and oxygen atoms in total. The third-order valence-electron chi connectivity index (χ3n) is 6.87. The van der Waals surface area contributed by atoms with E-state index in [2.05, 4.69) is 134 Å². The van der Waals surface area contributed by atoms with Gasteiger partial charge in [0.05, 0.1) is 0 Å². The second-order valence-corrected chi connectivity index (χ2v) is 12.1. The Morgan fingerprint density at radius 1 is 0.488 bits per heavy atom. The zero-order valence-corrected chi connectivity index (χ0v) is 28.1. The van der Waals surface area contributed by atoms with Crippen LogP contribution in [0.4, 0.5) is 0 Å². The number of Topliss-reactive ketones (excluding diaryl/α,β-unsaturated/α-hetero) is 1. The van der Waals surface area contributed by atoms with Crippen LogP contribution in [0.3, 0.4) is 0 Å². The van der Waals surface area contributed by atoms with Gasteiger partial charge in [-0.1, -0.05) is 132 Å². The zero-order valence-electron chi connectivity index (χ0n) is 28.1. The minimum atomic E-state index is 0.142. The lowest BCUT2D eigenvalue weighted by atomic mass is 10.0. The standard InChI is InChI=1S/C40H60O/c1-32(2)18-13-21-36(7)24-16-27-37(8)25-14-22-34(5)19-11-12-20-35(6)23-15-26-38(9)28-17-29-39(10)30-31-40(41)33(3)4/h11-12,14-15,18-20,22-26,29,33H,13,16-17,21,27-28,30-31H2,1-10H3/b12-11+,22-14+,23-15+,34-19+,35-20+,36-24+,37-25+,38-26+,39-29+. The molecule has 0 heterocycles. The second-order valence-electron chi connectivity index (χ2n) is 12.1. The molecule has 0 radical (unpaired) electrons. The van der Waals surface area contributed by atoms with Crippen LogP contribution in [0.15, 0.2) is 118 Å². The van der Waals surface area contributed by atoms with Crippen LogP contribution in [-0.2, 0) is 4.79 Å². The highest BCUT2D eigenvalue weighted by Crippen LogP contribution is 2.13. The predicted molar refractivity (Wildman–Crippen MR) is 186 cm³/mol. The fraction of sp³-hybridized carbons (Fsp3) is 0.475. The fourth-order valence-electron chi connectivity index (χ4n) is 3.91. The summed E-state index contributed by atoms with van der Waals surface area (Å²) in [4.78, 5) is 11.8. The number of rotatable bonds is 19. The number of carbonyl (C=O) groups excluding carboxylic acids is 1. The normalized spacial score (nSPS) is 14.8. The summed E-state index contributed by atoms with van der Waals surface area (Å²) in [6.45, 7) is 21.3. The van der Waals surface area contributed by atoms with Crippen LogP contribution < -0.4 is 0 Å². The van der Waals surface area contributed by atoms with Crippen molar-refractivity contribution in [2.45, 2.75) is 121 Å². The number of hydrogen-bond acceptors (Lipinski definition) is 1. The average molecular weight is 557 g/mol. The molecule has 0 unspecified atom stereocenters. The van der Waals surface area contributed by atoms with Gasteiger partial charge in [0.1, 0.15) is 5.78 Å². The van der Waals surface area contributed by atoms with E-state index < -0.39 is 0 Å². The molecular formula is C40H60O. The lowest BCUT2D eigenvalue weighted by Crippen LogP contribution is -2.06. The van der Waals surface area contributed by atoms with Crippen molar-refractivity contribution >= 4 is 5.78 Å². The summed E-state index contributed by atoms with van der Waals surface area (Å²) in [5, 5.41) is 0. The first-order valence-corrected chi connectivity index (χ1v) is 15.6. The van der Waals surface area contributed by atoms with Crippen molar-refractivity contribution in [3.05, 3.63) is 118 Å². The molecule has 0 atom stereocenters. The molecule has 0 saturated heterocycles. The Kier molecular flexibility index (Phi) is 22.0. The molecule has 0 aromatic rings. The molecule has 0 N–H and O–H groups in total. The van der Waals surface area contributed by atoms with E-state index in [0.29, 0.717) is 12.2 Å². The summed E-state index contributed by atoms with van der Waals surface area (Å²) in [5.74, 6) is 0.497. The van der Waals surface area contributed by atoms with E-state index in [1.807, 2.05) is 13.8 Å². The molecule has 0 aliphatic carbocycles. The minimum Gasteiger partial charge on any atom is -0.299 e. The van der Waals surface area contributed by atoms with Crippen molar-refractivity contribution in [1.82, 2.24) is 0 Å². The Hall–Kier alpha value is -2.93. The van der Waals surface area contributed by atoms with E-state index >= 15 is 0 Å². The summed E-state index contributed by atoms with van der Waals surface area (Å²) >= 11 is 0. The molecule has 0 aromatic heterocycles. The fourth-order valence-corrected chi connectivity index (χ4v) is 3.91. The Balaban J connectivity index is 4.52. The molecule has 0 fully saturated rings. The molecule has 0 aliphatic heterocycles. The van der Waals surface area contributed by atoms with Crippen molar-refractivity contribution in [2.24, 2.45) is 5.92 Å². The van der Waals surface area contributed by atoms with Gasteiger partial charge in [0.25, 0.3) is 0 Å². The first-order valence-electron chi connectivity index (χ1n) is 15.6. The zero-order chi connectivity index (χ0) is 31.0. The van der Waals surface area contributed by atoms with Gasteiger partial charge in [0, 0.05) is 12.3 Å². The van der Waals surface area contributed by atoms with E-state index in [9.17, 15) is 4.79 Å². The Morgan fingerprint density at radius 3 is 1.34 bits per heavy atom. The maximum atomic E-state index is 11.8. The van der Waals surface area contributed by atoms with Gasteiger partial charge < -0.3 is 0 Å². The van der Waals surface area contributed by atoms with Crippen molar-refractivity contribution in [3.8, 4) is 0 Å². The van der Waals surface area contributed by atoms with Gasteiger partial charge in [0.15, 0.2) is 0 Å². The number of carbonyl (C=O) groups is 1. The predicted octanol–water partition coefficient (Wildman–Crippen LogP) is 12.6. The molecule has 0 aliphatic rings. The highest BCUT2D eigenvalue weighted by molar-refractivity contribution is 5.80. The molecule has 0 amide bonds. The molecule has 0 saturated carbocycles. The Labute approximate surface area is 254 Å². The third-order valence-corrected chi connectivity index (χ3v) is 6.87. The topological polar surface area (TPSA) is 17.1 Å². The van der Waals surface area contributed by atoms with Crippen LogP contribution in [0.5, 0.6) is 0 Å². The lowest BCUT2D eigenvalue weighted by molar-refractivity contribution is -0.121. The largest absolute Gasteiger partial charge is 0.299 e. The molecule has 41 heavy (non-hydrogen) atoms. The summed E-state index contributed by atoms with van der Waals surface area (Å²) in [5.41, 5.74) is 9.44. The highest BCUT2D eigenvalue weighted by Gasteiger charge is 2.06. The first-order chi connectivity index (χ1) is 19.4. The van der Waals surface area contributed by atoms with Crippen LogP contribution >= 0.6 is 0 Å². The van der Waals surface area contributed by atoms with Crippen molar-refractivity contribution in [3.63, 3.8) is 0 Å². The molecule has 0 spiro atoms. The summed E-state index contributed by atoms with van der Waals surface area (Å²) in [6.07, 6.45) is 36.6. The van der Waals surface area contributed by atoms with Gasteiger partial charge in [-0.05, 0) is 100 Å². The van der Waals surface area contributed by atoms with Gasteiger partial charge in [0.2, 0.25) is 0 Å². The minimum absolute atomic E-state index is 0.142. The highest BCUT2D eigenvalue weighted by atomic mass is 16.1. The number of allylic oxidation sites excluding steroid dienone is 20. The molecule has 0 aromatic carbocycles. The van der Waals surface area contributed by atoms with E-state index in [1.54, 1.807) is 0 Å². The maximum absolute atomic E-state index is 11.8. The summed E-state index contributed by atoms with van der Waals surface area (Å²) < 4.78 is 0. The average Bonchev–Trinajstić information content (AvgIpc) is 2.89. The van der Waals surface area contributed by atoms with Crippen molar-refractivity contribution < 1.29 is 4.79 Å². The monoisotopic (exact) mass is 556 g/mol. The maximum Gasteiger partial charge on any atom is 0.135 e. The second kappa shape index (κ2) is 23.7. The Morgan fingerprint density at radius 2 is 0.902 bits per heavy atom. The summed E-state index contributed by atoms with van der Waals surface area (Å²) in [6, 6.07) is 0. The SMILES string of the molecule is CC(C)=CCC/C(C)=C/CC/C(C)=C/C=C/C(C)=C/C=C/C=C(C)/C=C/C=C(\C)CC/C=C(\C)CCC(=O)C(C)C. The molecule has 0 rings (SSSR count). The van der Waals surface area contributed by atoms with E-state index in [-0.39, 0.29) is 5.92 Å². The van der Waals surface area contributed by atoms with Crippen LogP contribution in [-0.4, -0.2) is 5.78 Å². The lowest BCUT2D eigenvalue weighted by Gasteiger charge is -2.04. The van der Waals surface area contributed by atoms with Gasteiger partial charge >= 0.3 is 0 Å². The molecular weight excluding hydrogens is 496 g/mol. The van der Waals surface area contributed by atoms with Crippen LogP contribution in [0.1, 0.15) is 121 Å². The quantitative estimate of drug-likeness (QED) is 0.114. The molecule has 1 heteroatoms. The Bertz CT molecular complexity index is 1080. The van der Waals surface area contributed by atoms with Gasteiger partial charge in [-0.15, -0.1) is 0 Å². The number of ketones is 1. The van der Waals surface area contributed by atoms with Crippen molar-refractivity contribution in [1.29, 1.82) is 0 Å². The van der Waals surface area contributed by atoms with Crippen molar-refractivity contribution in [2.75, 3.05) is 0 Å². The number of hydrogen-bond donors (Lipinski definition) is 0. The van der Waals surface area contributed by atoms with Gasteiger partial charge in [-0.25, -0.2) is 0 Å². The smallest absolute Gasteiger partial charge is 0.135 e. The third kappa shape index (κ3) is 24.6. The molecule has 226 valence electrons. The van der Waals surface area contributed by atoms with Gasteiger partial charge in [-0.3, -0.25) is 4.79 Å². The summed E-state index contributed by atoms with van der Waals surface area (Å²) in [7, 11) is 0. The van der Waals surface area contributed by atoms with E-state index in [4.69, 9.17) is 0 Å². The van der Waals surface area contributed by atoms with E-state index in [1.165, 1.54) is 39.0 Å². The van der Waals surface area contributed by atoms with Crippen LogP contribution in [0.2, 0.25) is 0 Å².